The van der Waals surface area contributed by atoms with Crippen LogP contribution in [0.3, 0.4) is 0 Å². The average molecular weight is 373 g/mol. The maximum Gasteiger partial charge on any atom is 0.255 e. The first-order valence-electron chi connectivity index (χ1n) is 8.98. The summed E-state index contributed by atoms with van der Waals surface area (Å²) in [5.74, 6) is 0.771. The van der Waals surface area contributed by atoms with E-state index in [1.165, 1.54) is 5.56 Å². The summed E-state index contributed by atoms with van der Waals surface area (Å²) in [6, 6.07) is 16.5. The van der Waals surface area contributed by atoms with Gasteiger partial charge in [0.15, 0.2) is 11.2 Å². The SMILES string of the molecule is CCc1ccc(C(=O)Nc2cc(-c3nc4ncccc4o3)ccc2OC)cc1. The second kappa shape index (κ2) is 7.52. The lowest BCUT2D eigenvalue weighted by atomic mass is 10.1. The molecular weight excluding hydrogens is 354 g/mol. The Morgan fingerprint density at radius 3 is 2.68 bits per heavy atom. The van der Waals surface area contributed by atoms with Gasteiger partial charge in [0.1, 0.15) is 5.75 Å². The quantitative estimate of drug-likeness (QED) is 0.548. The van der Waals surface area contributed by atoms with Crippen LogP contribution in [0.1, 0.15) is 22.8 Å². The molecule has 0 aliphatic rings. The van der Waals surface area contributed by atoms with Crippen molar-refractivity contribution in [1.29, 1.82) is 0 Å². The van der Waals surface area contributed by atoms with Gasteiger partial charge in [-0.3, -0.25) is 4.79 Å². The fourth-order valence-electron chi connectivity index (χ4n) is 2.92. The molecule has 0 bridgehead atoms. The molecule has 0 spiro atoms. The van der Waals surface area contributed by atoms with Crippen LogP contribution in [0.2, 0.25) is 0 Å². The van der Waals surface area contributed by atoms with Crippen molar-refractivity contribution in [1.82, 2.24) is 9.97 Å². The van der Waals surface area contributed by atoms with E-state index < -0.39 is 0 Å². The van der Waals surface area contributed by atoms with Crippen molar-refractivity contribution in [3.63, 3.8) is 0 Å². The highest BCUT2D eigenvalue weighted by atomic mass is 16.5. The number of nitrogens with zero attached hydrogens (tertiary/aromatic N) is 2. The Bertz CT molecular complexity index is 1100. The molecule has 140 valence electrons. The van der Waals surface area contributed by atoms with Gasteiger partial charge in [0.25, 0.3) is 5.91 Å². The van der Waals surface area contributed by atoms with Gasteiger partial charge >= 0.3 is 0 Å². The minimum Gasteiger partial charge on any atom is -0.495 e. The van der Waals surface area contributed by atoms with Crippen molar-refractivity contribution in [2.24, 2.45) is 0 Å². The van der Waals surface area contributed by atoms with Crippen molar-refractivity contribution < 1.29 is 13.9 Å². The summed E-state index contributed by atoms with van der Waals surface area (Å²) < 4.78 is 11.2. The minimum absolute atomic E-state index is 0.211. The van der Waals surface area contributed by atoms with E-state index in [2.05, 4.69) is 22.2 Å². The maximum atomic E-state index is 12.7. The van der Waals surface area contributed by atoms with E-state index in [0.29, 0.717) is 34.1 Å². The van der Waals surface area contributed by atoms with E-state index in [-0.39, 0.29) is 5.91 Å². The Labute approximate surface area is 162 Å². The van der Waals surface area contributed by atoms with Crippen LogP contribution in [0, 0.1) is 0 Å². The molecular formula is C22H19N3O3. The standard InChI is InChI=1S/C22H19N3O3/c1-3-14-6-8-15(9-7-14)21(26)24-17-13-16(10-11-18(17)27-2)22-25-20-19(28-22)5-4-12-23-20/h4-13H,3H2,1-2H3,(H,24,26). The number of anilines is 1. The van der Waals surface area contributed by atoms with Crippen LogP contribution in [0.5, 0.6) is 5.75 Å². The van der Waals surface area contributed by atoms with Gasteiger partial charge in [-0.15, -0.1) is 0 Å². The average Bonchev–Trinajstić information content (AvgIpc) is 3.18. The molecule has 0 fully saturated rings. The third-order valence-electron chi connectivity index (χ3n) is 4.48. The minimum atomic E-state index is -0.211. The fourth-order valence-corrected chi connectivity index (χ4v) is 2.92. The number of rotatable bonds is 5. The van der Waals surface area contributed by atoms with E-state index in [1.54, 1.807) is 31.5 Å². The summed E-state index contributed by atoms with van der Waals surface area (Å²) in [4.78, 5) is 21.2. The zero-order chi connectivity index (χ0) is 19.5. The van der Waals surface area contributed by atoms with E-state index in [0.717, 1.165) is 12.0 Å². The number of ether oxygens (including phenoxy) is 1. The summed E-state index contributed by atoms with van der Waals surface area (Å²) in [6.07, 6.45) is 2.59. The number of amides is 1. The molecule has 6 nitrogen and oxygen atoms in total. The summed E-state index contributed by atoms with van der Waals surface area (Å²) in [5, 5.41) is 2.91. The second-order valence-electron chi connectivity index (χ2n) is 6.26. The van der Waals surface area contributed by atoms with Gasteiger partial charge in [0.2, 0.25) is 5.89 Å². The lowest BCUT2D eigenvalue weighted by Gasteiger charge is -2.11. The molecule has 0 saturated carbocycles. The number of fused-ring (bicyclic) bond motifs is 1. The van der Waals surface area contributed by atoms with Crippen molar-refractivity contribution in [3.05, 3.63) is 71.9 Å². The molecule has 1 amide bonds. The van der Waals surface area contributed by atoms with Crippen LogP contribution in [0.15, 0.2) is 65.2 Å². The number of methoxy groups -OCH3 is 1. The molecule has 0 saturated heterocycles. The molecule has 2 aromatic heterocycles. The van der Waals surface area contributed by atoms with Crippen molar-refractivity contribution >= 4 is 22.8 Å². The molecule has 4 rings (SSSR count). The Morgan fingerprint density at radius 1 is 1.14 bits per heavy atom. The molecule has 1 N–H and O–H groups in total. The van der Waals surface area contributed by atoms with Crippen LogP contribution in [0.4, 0.5) is 5.69 Å². The third-order valence-corrected chi connectivity index (χ3v) is 4.48. The first-order chi connectivity index (χ1) is 13.7. The van der Waals surface area contributed by atoms with Crippen LogP contribution >= 0.6 is 0 Å². The predicted octanol–water partition coefficient (Wildman–Crippen LogP) is 4.71. The lowest BCUT2D eigenvalue weighted by molar-refractivity contribution is 0.102. The van der Waals surface area contributed by atoms with Gasteiger partial charge < -0.3 is 14.5 Å². The number of oxazole rings is 1. The lowest BCUT2D eigenvalue weighted by Crippen LogP contribution is -2.12. The molecule has 2 aromatic carbocycles. The van der Waals surface area contributed by atoms with Crippen LogP contribution < -0.4 is 10.1 Å². The van der Waals surface area contributed by atoms with Gasteiger partial charge in [-0.1, -0.05) is 19.1 Å². The molecule has 6 heteroatoms. The molecule has 4 aromatic rings. The van der Waals surface area contributed by atoms with E-state index in [4.69, 9.17) is 9.15 Å². The van der Waals surface area contributed by atoms with Crippen LogP contribution in [-0.2, 0) is 6.42 Å². The molecule has 2 heterocycles. The molecule has 28 heavy (non-hydrogen) atoms. The summed E-state index contributed by atoms with van der Waals surface area (Å²) in [5.41, 5.74) is 4.16. The van der Waals surface area contributed by atoms with Crippen molar-refractivity contribution in [2.75, 3.05) is 12.4 Å². The number of benzene rings is 2. The largest absolute Gasteiger partial charge is 0.495 e. The molecule has 0 unspecified atom stereocenters. The molecule has 0 atom stereocenters. The number of hydrogen-bond donors (Lipinski definition) is 1. The molecule has 0 aliphatic heterocycles. The number of aromatic nitrogens is 2. The third kappa shape index (κ3) is 3.44. The normalized spacial score (nSPS) is 10.8. The van der Waals surface area contributed by atoms with Crippen LogP contribution in [-0.4, -0.2) is 23.0 Å². The highest BCUT2D eigenvalue weighted by Gasteiger charge is 2.14. The van der Waals surface area contributed by atoms with E-state index in [9.17, 15) is 4.79 Å². The topological polar surface area (TPSA) is 77.3 Å². The summed E-state index contributed by atoms with van der Waals surface area (Å²) in [6.45, 7) is 2.08. The first kappa shape index (κ1) is 17.7. The Morgan fingerprint density at radius 2 is 1.96 bits per heavy atom. The maximum absolute atomic E-state index is 12.7. The Kier molecular flexibility index (Phi) is 4.76. The Balaban J connectivity index is 1.65. The van der Waals surface area contributed by atoms with E-state index >= 15 is 0 Å². The van der Waals surface area contributed by atoms with Gasteiger partial charge in [-0.25, -0.2) is 4.98 Å². The predicted molar refractivity (Wildman–Crippen MR) is 108 cm³/mol. The van der Waals surface area contributed by atoms with Crippen LogP contribution in [0.25, 0.3) is 22.7 Å². The van der Waals surface area contributed by atoms with Gasteiger partial charge in [-0.2, -0.15) is 4.98 Å². The number of aryl methyl sites for hydroxylation is 1. The number of carbonyl (C=O) groups excluding carboxylic acids is 1. The van der Waals surface area contributed by atoms with Gasteiger partial charge in [-0.05, 0) is 54.4 Å². The zero-order valence-corrected chi connectivity index (χ0v) is 15.6. The zero-order valence-electron chi connectivity index (χ0n) is 15.6. The smallest absolute Gasteiger partial charge is 0.255 e. The monoisotopic (exact) mass is 373 g/mol. The number of pyridine rings is 1. The molecule has 0 aliphatic carbocycles. The summed E-state index contributed by atoms with van der Waals surface area (Å²) in [7, 11) is 1.56. The summed E-state index contributed by atoms with van der Waals surface area (Å²) >= 11 is 0. The van der Waals surface area contributed by atoms with Crippen molar-refractivity contribution in [2.45, 2.75) is 13.3 Å². The molecule has 0 radical (unpaired) electrons. The number of nitrogens with one attached hydrogen (secondary N) is 1. The number of carbonyl (C=O) groups is 1. The number of hydrogen-bond acceptors (Lipinski definition) is 5. The Hall–Kier alpha value is -3.67. The van der Waals surface area contributed by atoms with Gasteiger partial charge in [0, 0.05) is 17.3 Å². The second-order valence-corrected chi connectivity index (χ2v) is 6.26. The first-order valence-corrected chi connectivity index (χ1v) is 8.98. The highest BCUT2D eigenvalue weighted by Crippen LogP contribution is 2.31. The van der Waals surface area contributed by atoms with Gasteiger partial charge in [0.05, 0.1) is 12.8 Å². The fraction of sp³-hybridized carbons (Fsp3) is 0.136. The highest BCUT2D eigenvalue weighted by molar-refractivity contribution is 6.05. The van der Waals surface area contributed by atoms with Crippen molar-refractivity contribution in [3.8, 4) is 17.2 Å². The van der Waals surface area contributed by atoms with E-state index in [1.807, 2.05) is 36.4 Å².